The van der Waals surface area contributed by atoms with E-state index in [1.807, 2.05) is 0 Å². The molecule has 4 nitrogen and oxygen atoms in total. The Hall–Kier alpha value is -0.350. The second-order valence-corrected chi connectivity index (χ2v) is 2.29. The molecule has 0 bridgehead atoms. The molecule has 1 atom stereocenters. The molecule has 1 rings (SSSR count). The van der Waals surface area contributed by atoms with Gasteiger partial charge in [0.15, 0.2) is 0 Å². The van der Waals surface area contributed by atoms with Gasteiger partial charge in [-0.1, -0.05) is 0 Å². The first kappa shape index (κ1) is 9.65. The van der Waals surface area contributed by atoms with Crippen LogP contribution in [0.3, 0.4) is 0 Å². The fraction of sp³-hybridized carbons (Fsp3) is 1.00. The summed E-state index contributed by atoms with van der Waals surface area (Å²) in [6.07, 6.45) is 1.67. The number of rotatable bonds is 1. The molecule has 0 amide bonds. The van der Waals surface area contributed by atoms with Gasteiger partial charge in [-0.15, -0.1) is 12.4 Å². The molecule has 0 saturated carbocycles. The first-order chi connectivity index (χ1) is 4.30. The van der Waals surface area contributed by atoms with Crippen molar-refractivity contribution in [2.75, 3.05) is 13.1 Å². The summed E-state index contributed by atoms with van der Waals surface area (Å²) in [4.78, 5) is 9.92. The Morgan fingerprint density at radius 2 is 2.30 bits per heavy atom. The maximum absolute atomic E-state index is 10.1. The molecule has 0 spiro atoms. The molecule has 1 fully saturated rings. The van der Waals surface area contributed by atoms with Crippen LogP contribution in [-0.4, -0.2) is 24.1 Å². The summed E-state index contributed by atoms with van der Waals surface area (Å²) in [5.74, 6) is 0. The molecule has 0 aromatic rings. The van der Waals surface area contributed by atoms with E-state index in [-0.39, 0.29) is 23.4 Å². The van der Waals surface area contributed by atoms with E-state index < -0.39 is 0 Å². The van der Waals surface area contributed by atoms with Gasteiger partial charge in [0.1, 0.15) is 0 Å². The molecule has 1 unspecified atom stereocenters. The highest BCUT2D eigenvalue weighted by atomic mass is 35.5. The third kappa shape index (κ3) is 2.49. The van der Waals surface area contributed by atoms with Crippen molar-refractivity contribution >= 4 is 12.4 Å². The van der Waals surface area contributed by atoms with Crippen molar-refractivity contribution in [3.63, 3.8) is 0 Å². The molecular formula is C5H11ClN2O2. The Bertz CT molecular complexity index is 114. The lowest BCUT2D eigenvalue weighted by atomic mass is 10.1. The van der Waals surface area contributed by atoms with Crippen molar-refractivity contribution in [1.29, 1.82) is 0 Å². The van der Waals surface area contributed by atoms with Crippen LogP contribution in [0.2, 0.25) is 0 Å². The third-order valence-corrected chi connectivity index (χ3v) is 1.57. The fourth-order valence-electron chi connectivity index (χ4n) is 1.01. The zero-order valence-electron chi connectivity index (χ0n) is 5.58. The van der Waals surface area contributed by atoms with E-state index in [2.05, 4.69) is 5.32 Å². The van der Waals surface area contributed by atoms with Crippen molar-refractivity contribution in [3.05, 3.63) is 10.1 Å². The molecular weight excluding hydrogens is 156 g/mol. The molecule has 1 aliphatic rings. The van der Waals surface area contributed by atoms with Crippen molar-refractivity contribution < 1.29 is 4.92 Å². The fourth-order valence-corrected chi connectivity index (χ4v) is 1.01. The quantitative estimate of drug-likeness (QED) is 0.454. The van der Waals surface area contributed by atoms with E-state index in [1.54, 1.807) is 0 Å². The first-order valence-electron chi connectivity index (χ1n) is 3.15. The summed E-state index contributed by atoms with van der Waals surface area (Å²) in [5.41, 5.74) is 0. The Kier molecular flexibility index (Phi) is 4.31. The lowest BCUT2D eigenvalue weighted by molar-refractivity contribution is -0.522. The Morgan fingerprint density at radius 3 is 2.60 bits per heavy atom. The Balaban J connectivity index is 0.000000810. The normalized spacial score (nSPS) is 25.0. The van der Waals surface area contributed by atoms with Crippen LogP contribution < -0.4 is 5.32 Å². The second kappa shape index (κ2) is 4.46. The molecule has 1 aliphatic heterocycles. The third-order valence-electron chi connectivity index (χ3n) is 1.57. The second-order valence-electron chi connectivity index (χ2n) is 2.29. The zero-order chi connectivity index (χ0) is 6.69. The number of nitro groups is 1. The lowest BCUT2D eigenvalue weighted by Crippen LogP contribution is -2.38. The van der Waals surface area contributed by atoms with Crippen LogP contribution in [0, 0.1) is 10.1 Å². The minimum atomic E-state index is -0.334. The summed E-state index contributed by atoms with van der Waals surface area (Å²) in [6, 6.07) is -0.334. The number of hydrogen-bond donors (Lipinski definition) is 1. The predicted octanol–water partition coefficient (Wildman–Crippen LogP) is 0.437. The predicted molar refractivity (Wildman–Crippen MR) is 40.1 cm³/mol. The van der Waals surface area contributed by atoms with Crippen LogP contribution in [0.1, 0.15) is 12.8 Å². The largest absolute Gasteiger partial charge is 0.310 e. The number of nitrogens with one attached hydrogen (secondary N) is 1. The van der Waals surface area contributed by atoms with Crippen LogP contribution in [0.15, 0.2) is 0 Å². The van der Waals surface area contributed by atoms with Crippen LogP contribution in [0.5, 0.6) is 0 Å². The zero-order valence-corrected chi connectivity index (χ0v) is 6.39. The topological polar surface area (TPSA) is 55.2 Å². The molecule has 5 heteroatoms. The standard InChI is InChI=1S/C5H10N2O2.ClH/c8-7(9)5-2-1-3-6-4-5;/h5-6H,1-4H2;1H. The van der Waals surface area contributed by atoms with E-state index >= 15 is 0 Å². The number of halogens is 1. The van der Waals surface area contributed by atoms with E-state index in [1.165, 1.54) is 0 Å². The maximum Gasteiger partial charge on any atom is 0.225 e. The van der Waals surface area contributed by atoms with Gasteiger partial charge in [-0.05, 0) is 13.0 Å². The monoisotopic (exact) mass is 166 g/mol. The molecule has 60 valence electrons. The van der Waals surface area contributed by atoms with Gasteiger partial charge in [-0.25, -0.2) is 0 Å². The van der Waals surface area contributed by atoms with E-state index in [4.69, 9.17) is 0 Å². The van der Waals surface area contributed by atoms with Gasteiger partial charge >= 0.3 is 0 Å². The van der Waals surface area contributed by atoms with Crippen molar-refractivity contribution in [1.82, 2.24) is 5.32 Å². The van der Waals surface area contributed by atoms with Crippen LogP contribution >= 0.6 is 12.4 Å². The van der Waals surface area contributed by atoms with E-state index in [9.17, 15) is 10.1 Å². The number of nitrogens with zero attached hydrogens (tertiary/aromatic N) is 1. The van der Waals surface area contributed by atoms with Crippen LogP contribution in [0.25, 0.3) is 0 Å². The average molecular weight is 167 g/mol. The van der Waals surface area contributed by atoms with Gasteiger partial charge in [0, 0.05) is 11.3 Å². The molecule has 1 heterocycles. The minimum absolute atomic E-state index is 0. The summed E-state index contributed by atoms with van der Waals surface area (Å²) < 4.78 is 0. The molecule has 0 radical (unpaired) electrons. The first-order valence-corrected chi connectivity index (χ1v) is 3.15. The van der Waals surface area contributed by atoms with Crippen molar-refractivity contribution in [2.45, 2.75) is 18.9 Å². The molecule has 0 aromatic heterocycles. The highest BCUT2D eigenvalue weighted by molar-refractivity contribution is 5.85. The van der Waals surface area contributed by atoms with Gasteiger partial charge in [-0.2, -0.15) is 0 Å². The van der Waals surface area contributed by atoms with Crippen LogP contribution in [-0.2, 0) is 0 Å². The van der Waals surface area contributed by atoms with Gasteiger partial charge < -0.3 is 5.32 Å². The van der Waals surface area contributed by atoms with E-state index in [0.717, 1.165) is 19.4 Å². The molecule has 0 aromatic carbocycles. The average Bonchev–Trinajstić information content (AvgIpc) is 1.90. The highest BCUT2D eigenvalue weighted by Gasteiger charge is 2.21. The summed E-state index contributed by atoms with van der Waals surface area (Å²) in [6.45, 7) is 1.48. The molecule has 1 saturated heterocycles. The number of piperidine rings is 1. The smallest absolute Gasteiger partial charge is 0.225 e. The summed E-state index contributed by atoms with van der Waals surface area (Å²) in [5, 5.41) is 13.1. The lowest BCUT2D eigenvalue weighted by Gasteiger charge is -2.15. The molecule has 1 N–H and O–H groups in total. The maximum atomic E-state index is 10.1. The van der Waals surface area contributed by atoms with Gasteiger partial charge in [-0.3, -0.25) is 10.1 Å². The van der Waals surface area contributed by atoms with Crippen molar-refractivity contribution in [3.8, 4) is 0 Å². The Morgan fingerprint density at radius 1 is 1.60 bits per heavy atom. The highest BCUT2D eigenvalue weighted by Crippen LogP contribution is 2.03. The summed E-state index contributed by atoms with van der Waals surface area (Å²) >= 11 is 0. The van der Waals surface area contributed by atoms with Crippen LogP contribution in [0.4, 0.5) is 0 Å². The van der Waals surface area contributed by atoms with E-state index in [0.29, 0.717) is 6.54 Å². The number of hydrogen-bond acceptors (Lipinski definition) is 3. The summed E-state index contributed by atoms with van der Waals surface area (Å²) in [7, 11) is 0. The van der Waals surface area contributed by atoms with Gasteiger partial charge in [0.2, 0.25) is 6.04 Å². The molecule has 10 heavy (non-hydrogen) atoms. The minimum Gasteiger partial charge on any atom is -0.310 e. The Labute approximate surface area is 65.5 Å². The van der Waals surface area contributed by atoms with Gasteiger partial charge in [0.25, 0.3) is 0 Å². The van der Waals surface area contributed by atoms with Crippen molar-refractivity contribution in [2.24, 2.45) is 0 Å². The molecule has 0 aliphatic carbocycles. The van der Waals surface area contributed by atoms with Gasteiger partial charge in [0.05, 0.1) is 6.54 Å². The SMILES string of the molecule is Cl.O=[N+]([O-])C1CCCNC1.